The Bertz CT molecular complexity index is 1330. The molecule has 2 rings (SSSR count). The molecule has 0 amide bonds. The highest BCUT2D eigenvalue weighted by molar-refractivity contribution is 8.11. The summed E-state index contributed by atoms with van der Waals surface area (Å²) in [4.78, 5) is 4.16. The molecule has 2 heterocycles. The average molecular weight is 729 g/mol. The van der Waals surface area contributed by atoms with Crippen LogP contribution in [0.3, 0.4) is 0 Å². The van der Waals surface area contributed by atoms with Crippen LogP contribution in [0.1, 0.15) is 0 Å². The minimum absolute atomic E-state index is 1.21. The summed E-state index contributed by atoms with van der Waals surface area (Å²) < 4.78 is 122. The standard InChI is InChI=1S/2C9H16N2PS.2CHF3O3S/c2*1-10(2)9-5-7-11(8-6-9)12(3,4)13;2*2-1(3,4)8(5,6)7/h2*5-8H,1-4H3;2*(H,5,6,7)/q2*+1;;/p-2. The van der Waals surface area contributed by atoms with Crippen LogP contribution in [-0.4, -0.2) is 91.8 Å². The van der Waals surface area contributed by atoms with E-state index < -0.39 is 43.6 Å². The Labute approximate surface area is 252 Å². The Morgan fingerprint density at radius 1 is 0.619 bits per heavy atom. The molecule has 0 aromatic carbocycles. The molecule has 0 aliphatic rings. The van der Waals surface area contributed by atoms with Gasteiger partial charge in [-0.2, -0.15) is 35.0 Å². The summed E-state index contributed by atoms with van der Waals surface area (Å²) in [6.07, 6.45) is 5.59. The summed E-state index contributed by atoms with van der Waals surface area (Å²) in [5.41, 5.74) is -8.88. The Morgan fingerprint density at radius 2 is 0.786 bits per heavy atom. The number of nitrogens with zero attached hydrogens (tertiary/aromatic N) is 4. The van der Waals surface area contributed by atoms with E-state index in [4.69, 9.17) is 49.6 Å². The van der Waals surface area contributed by atoms with Crippen molar-refractivity contribution in [2.75, 3.05) is 64.6 Å². The van der Waals surface area contributed by atoms with Crippen LogP contribution in [0.15, 0.2) is 49.1 Å². The van der Waals surface area contributed by atoms with E-state index >= 15 is 0 Å². The Hall–Kier alpha value is -1.40. The van der Waals surface area contributed by atoms with Gasteiger partial charge in [-0.1, -0.05) is 0 Å². The molecule has 0 spiro atoms. The molecular formula is C20H32F6N4O6P2S4. The van der Waals surface area contributed by atoms with Crippen molar-refractivity contribution in [3.63, 3.8) is 0 Å². The van der Waals surface area contributed by atoms with E-state index in [0.29, 0.717) is 0 Å². The number of hydrogen-bond acceptors (Lipinski definition) is 10. The fourth-order valence-corrected chi connectivity index (χ4v) is 4.26. The van der Waals surface area contributed by atoms with Gasteiger partial charge in [0.05, 0.1) is 0 Å². The molecular weight excluding hydrogens is 696 g/mol. The summed E-state index contributed by atoms with van der Waals surface area (Å²) >= 11 is 10.8. The van der Waals surface area contributed by atoms with Crippen LogP contribution >= 0.6 is 12.4 Å². The number of halogens is 6. The van der Waals surface area contributed by atoms with E-state index in [-0.39, 0.29) is 0 Å². The number of aromatic nitrogens is 2. The summed E-state index contributed by atoms with van der Waals surface area (Å²) in [6, 6.07) is 8.37. The number of alkyl halides is 6. The normalized spacial score (nSPS) is 12.4. The van der Waals surface area contributed by atoms with Crippen molar-refractivity contribution in [2.24, 2.45) is 0 Å². The van der Waals surface area contributed by atoms with Crippen molar-refractivity contribution < 1.29 is 61.0 Å². The van der Waals surface area contributed by atoms with Gasteiger partial charge < -0.3 is 18.9 Å². The third-order valence-corrected chi connectivity index (χ3v) is 9.33. The lowest BCUT2D eigenvalue weighted by molar-refractivity contribution is -0.511. The van der Waals surface area contributed by atoms with E-state index in [9.17, 15) is 26.3 Å². The molecule has 22 heteroatoms. The number of hydrogen-bond donors (Lipinski definition) is 0. The van der Waals surface area contributed by atoms with E-state index in [1.807, 2.05) is 28.2 Å². The van der Waals surface area contributed by atoms with Gasteiger partial charge in [0, 0.05) is 90.5 Å². The van der Waals surface area contributed by atoms with Crippen molar-refractivity contribution in [3.8, 4) is 0 Å². The second-order valence-corrected chi connectivity index (χ2v) is 23.3. The molecule has 0 aliphatic heterocycles. The first kappa shape index (κ1) is 42.7. The molecule has 2 aromatic rings. The largest absolute Gasteiger partial charge is 0.741 e. The molecule has 0 bridgehead atoms. The van der Waals surface area contributed by atoms with E-state index in [1.165, 1.54) is 11.4 Å². The first-order valence-electron chi connectivity index (χ1n) is 10.9. The monoisotopic (exact) mass is 728 g/mol. The first-order chi connectivity index (χ1) is 18.3. The molecule has 10 nitrogen and oxygen atoms in total. The predicted octanol–water partition coefficient (Wildman–Crippen LogP) is 3.19. The van der Waals surface area contributed by atoms with Gasteiger partial charge in [-0.3, -0.25) is 0 Å². The summed E-state index contributed by atoms with van der Waals surface area (Å²) in [5.74, 6) is 0. The van der Waals surface area contributed by atoms with Crippen molar-refractivity contribution in [2.45, 2.75) is 11.0 Å². The van der Waals surface area contributed by atoms with Crippen LogP contribution in [0.25, 0.3) is 0 Å². The zero-order valence-electron chi connectivity index (χ0n) is 23.7. The van der Waals surface area contributed by atoms with Gasteiger partial charge in [0.2, 0.25) is 0 Å². The quantitative estimate of drug-likeness (QED) is 0.201. The van der Waals surface area contributed by atoms with Crippen molar-refractivity contribution in [3.05, 3.63) is 49.1 Å². The lowest BCUT2D eigenvalue weighted by atomic mass is 10.4. The minimum Gasteiger partial charge on any atom is -0.741 e. The molecule has 0 unspecified atom stereocenters. The number of anilines is 2. The van der Waals surface area contributed by atoms with E-state index in [0.717, 1.165) is 0 Å². The Kier molecular flexibility index (Phi) is 16.3. The second kappa shape index (κ2) is 16.1. The van der Waals surface area contributed by atoms with Gasteiger partial charge in [0.1, 0.15) is 0 Å². The van der Waals surface area contributed by atoms with Gasteiger partial charge >= 0.3 is 11.0 Å². The van der Waals surface area contributed by atoms with Crippen molar-refractivity contribution in [1.82, 2.24) is 0 Å². The van der Waals surface area contributed by atoms with Crippen LogP contribution in [-0.2, 0) is 43.8 Å². The molecule has 0 saturated heterocycles. The van der Waals surface area contributed by atoms with Crippen LogP contribution in [0.5, 0.6) is 0 Å². The van der Waals surface area contributed by atoms with Crippen LogP contribution < -0.4 is 18.5 Å². The molecule has 0 saturated carbocycles. The molecule has 0 atom stereocenters. The fraction of sp³-hybridized carbons (Fsp3) is 0.500. The van der Waals surface area contributed by atoms with E-state index in [2.05, 4.69) is 94.2 Å². The highest BCUT2D eigenvalue weighted by Crippen LogP contribution is 2.30. The van der Waals surface area contributed by atoms with Crippen molar-refractivity contribution >= 4 is 67.6 Å². The summed E-state index contributed by atoms with van der Waals surface area (Å²) in [5, 5.41) is 0. The smallest absolute Gasteiger partial charge is 0.485 e. The van der Waals surface area contributed by atoms with Gasteiger partial charge in [0.25, 0.3) is 0 Å². The zero-order valence-corrected chi connectivity index (χ0v) is 28.7. The molecule has 0 radical (unpaired) electrons. The van der Waals surface area contributed by atoms with Gasteiger partial charge in [-0.05, 0) is 23.6 Å². The lowest BCUT2D eigenvalue weighted by Crippen LogP contribution is -2.28. The SMILES string of the molecule is CN(C)c1cc[n+](P(C)(C)=S)cc1.CN(C)c1cc[n+](P(C)(C)=S)cc1.O=S(=O)([O-])C(F)(F)F.O=S(=O)([O-])C(F)(F)F. The summed E-state index contributed by atoms with van der Waals surface area (Å²) in [7, 11) is -4.04. The van der Waals surface area contributed by atoms with E-state index in [1.54, 1.807) is 0 Å². The minimum atomic E-state index is -6.09. The lowest BCUT2D eigenvalue weighted by Gasteiger charge is -2.11. The Balaban J connectivity index is 0. The third-order valence-electron chi connectivity index (χ3n) is 4.30. The highest BCUT2D eigenvalue weighted by atomic mass is 32.4. The number of rotatable bonds is 4. The maximum atomic E-state index is 10.7. The molecule has 0 N–H and O–H groups in total. The van der Waals surface area contributed by atoms with Crippen LogP contribution in [0.2, 0.25) is 0 Å². The summed E-state index contributed by atoms with van der Waals surface area (Å²) in [6.45, 7) is 8.49. The topological polar surface area (TPSA) is 129 Å². The maximum Gasteiger partial charge on any atom is 0.485 e. The number of pyridine rings is 2. The van der Waals surface area contributed by atoms with Crippen molar-refractivity contribution in [1.29, 1.82) is 0 Å². The molecule has 0 aliphatic carbocycles. The molecule has 42 heavy (non-hydrogen) atoms. The van der Waals surface area contributed by atoms with Gasteiger partial charge in [-0.25, -0.2) is 16.8 Å². The van der Waals surface area contributed by atoms with Crippen LogP contribution in [0.4, 0.5) is 37.7 Å². The molecule has 2 aromatic heterocycles. The highest BCUT2D eigenvalue weighted by Gasteiger charge is 2.37. The third kappa shape index (κ3) is 17.0. The Morgan fingerprint density at radius 3 is 0.881 bits per heavy atom. The van der Waals surface area contributed by atoms with Crippen LogP contribution in [0, 0.1) is 0 Å². The molecule has 0 fully saturated rings. The predicted molar refractivity (Wildman–Crippen MR) is 156 cm³/mol. The average Bonchev–Trinajstić information content (AvgIpc) is 2.76. The maximum absolute atomic E-state index is 10.7. The van der Waals surface area contributed by atoms with Gasteiger partial charge in [0.15, 0.2) is 57.4 Å². The molecule has 244 valence electrons. The van der Waals surface area contributed by atoms with Gasteiger partial charge in [-0.15, -0.1) is 0 Å². The first-order valence-corrected chi connectivity index (χ1v) is 21.0. The zero-order chi connectivity index (χ0) is 34.1. The fourth-order valence-electron chi connectivity index (χ4n) is 2.06. The second-order valence-electron chi connectivity index (χ2n) is 9.05.